The predicted octanol–water partition coefficient (Wildman–Crippen LogP) is 2.43. The van der Waals surface area contributed by atoms with Gasteiger partial charge in [0.05, 0.1) is 10.3 Å². The Morgan fingerprint density at radius 2 is 2.25 bits per heavy atom. The summed E-state index contributed by atoms with van der Waals surface area (Å²) in [5.41, 5.74) is 0. The third-order valence-corrected chi connectivity index (χ3v) is 5.38. The van der Waals surface area contributed by atoms with E-state index < -0.39 is 0 Å². The lowest BCUT2D eigenvalue weighted by atomic mass is 9.96. The number of carbonyl (C=O) groups is 2. The molecule has 1 aliphatic heterocycles. The lowest BCUT2D eigenvalue weighted by Crippen LogP contribution is -2.60. The van der Waals surface area contributed by atoms with Crippen LogP contribution in [0.1, 0.15) is 25.1 Å². The summed E-state index contributed by atoms with van der Waals surface area (Å²) in [6, 6.07) is 3.69. The van der Waals surface area contributed by atoms with Crippen molar-refractivity contribution in [2.75, 3.05) is 13.1 Å². The van der Waals surface area contributed by atoms with E-state index in [-0.39, 0.29) is 30.3 Å². The molecule has 0 aliphatic carbocycles. The van der Waals surface area contributed by atoms with Crippen molar-refractivity contribution in [1.82, 2.24) is 10.2 Å². The van der Waals surface area contributed by atoms with Gasteiger partial charge in [0.15, 0.2) is 0 Å². The smallest absolute Gasteiger partial charge is 0.245 e. The third kappa shape index (κ3) is 3.61. The number of nitrogens with zero attached hydrogens (tertiary/aromatic N) is 1. The van der Waals surface area contributed by atoms with E-state index in [2.05, 4.69) is 27.3 Å². The van der Waals surface area contributed by atoms with Crippen molar-refractivity contribution in [3.63, 3.8) is 0 Å². The van der Waals surface area contributed by atoms with Crippen molar-refractivity contribution in [3.8, 4) is 0 Å². The van der Waals surface area contributed by atoms with Gasteiger partial charge in [-0.05, 0) is 40.4 Å². The van der Waals surface area contributed by atoms with Gasteiger partial charge >= 0.3 is 0 Å². The van der Waals surface area contributed by atoms with Crippen molar-refractivity contribution >= 4 is 39.1 Å². The van der Waals surface area contributed by atoms with Crippen molar-refractivity contribution < 1.29 is 9.59 Å². The maximum absolute atomic E-state index is 12.4. The first kappa shape index (κ1) is 15.5. The van der Waals surface area contributed by atoms with Crippen molar-refractivity contribution in [2.24, 2.45) is 5.92 Å². The fourth-order valence-corrected chi connectivity index (χ4v) is 3.74. The van der Waals surface area contributed by atoms with Gasteiger partial charge in [-0.25, -0.2) is 0 Å². The number of nitrogens with one attached hydrogen (secondary N) is 1. The minimum atomic E-state index is -0.365. The average Bonchev–Trinajstić information content (AvgIpc) is 2.84. The standard InChI is InChI=1S/C14H19BrN2O2S/c1-3-9(2)13-14(19)17(8-12(18)16-13)7-6-10-4-5-11(15)20-10/h4-5,9,13H,3,6-8H2,1-2H3,(H,16,18). The highest BCUT2D eigenvalue weighted by Gasteiger charge is 2.35. The highest BCUT2D eigenvalue weighted by atomic mass is 79.9. The molecule has 1 aromatic heterocycles. The summed E-state index contributed by atoms with van der Waals surface area (Å²) in [6.07, 6.45) is 1.67. The minimum Gasteiger partial charge on any atom is -0.342 e. The van der Waals surface area contributed by atoms with Gasteiger partial charge in [-0.1, -0.05) is 20.3 Å². The predicted molar refractivity (Wildman–Crippen MR) is 83.7 cm³/mol. The lowest BCUT2D eigenvalue weighted by Gasteiger charge is -2.35. The number of halogens is 1. The molecule has 1 aliphatic rings. The normalized spacial score (nSPS) is 20.9. The monoisotopic (exact) mass is 358 g/mol. The zero-order chi connectivity index (χ0) is 14.7. The summed E-state index contributed by atoms with van der Waals surface area (Å²) in [6.45, 7) is 4.82. The van der Waals surface area contributed by atoms with E-state index in [4.69, 9.17) is 0 Å². The molecule has 20 heavy (non-hydrogen) atoms. The average molecular weight is 359 g/mol. The van der Waals surface area contributed by atoms with Gasteiger partial charge in [0.2, 0.25) is 11.8 Å². The van der Waals surface area contributed by atoms with Crippen LogP contribution in [-0.2, 0) is 16.0 Å². The Morgan fingerprint density at radius 1 is 1.50 bits per heavy atom. The van der Waals surface area contributed by atoms with Crippen LogP contribution in [0.4, 0.5) is 0 Å². The molecule has 110 valence electrons. The molecule has 6 heteroatoms. The second kappa shape index (κ2) is 6.72. The van der Waals surface area contributed by atoms with E-state index in [0.29, 0.717) is 6.54 Å². The molecule has 1 saturated heterocycles. The van der Waals surface area contributed by atoms with Gasteiger partial charge in [-0.2, -0.15) is 0 Å². The number of amides is 2. The summed E-state index contributed by atoms with van der Waals surface area (Å²) in [5.74, 6) is 0.168. The first-order valence-electron chi connectivity index (χ1n) is 6.83. The van der Waals surface area contributed by atoms with Crippen molar-refractivity contribution in [3.05, 3.63) is 20.8 Å². The Labute approximate surface area is 131 Å². The van der Waals surface area contributed by atoms with E-state index in [0.717, 1.165) is 16.6 Å². The summed E-state index contributed by atoms with van der Waals surface area (Å²) in [5, 5.41) is 2.81. The van der Waals surface area contributed by atoms with Gasteiger partial charge in [-0.3, -0.25) is 9.59 Å². The van der Waals surface area contributed by atoms with Gasteiger partial charge in [-0.15, -0.1) is 11.3 Å². The fraction of sp³-hybridized carbons (Fsp3) is 0.571. The van der Waals surface area contributed by atoms with E-state index in [9.17, 15) is 9.59 Å². The van der Waals surface area contributed by atoms with Crippen LogP contribution in [0.15, 0.2) is 15.9 Å². The number of hydrogen-bond acceptors (Lipinski definition) is 3. The van der Waals surface area contributed by atoms with Gasteiger partial charge in [0.25, 0.3) is 0 Å². The summed E-state index contributed by atoms with van der Waals surface area (Å²) in [4.78, 5) is 27.1. The van der Waals surface area contributed by atoms with Crippen LogP contribution in [0.3, 0.4) is 0 Å². The zero-order valence-corrected chi connectivity index (χ0v) is 14.1. The number of carbonyl (C=O) groups excluding carboxylic acids is 2. The van der Waals surface area contributed by atoms with Crippen molar-refractivity contribution in [1.29, 1.82) is 0 Å². The van der Waals surface area contributed by atoms with Crippen LogP contribution in [0.25, 0.3) is 0 Å². The maximum atomic E-state index is 12.4. The van der Waals surface area contributed by atoms with E-state index in [1.54, 1.807) is 16.2 Å². The third-order valence-electron chi connectivity index (χ3n) is 3.70. The maximum Gasteiger partial charge on any atom is 0.245 e. The zero-order valence-electron chi connectivity index (χ0n) is 11.7. The largest absolute Gasteiger partial charge is 0.342 e. The summed E-state index contributed by atoms with van der Waals surface area (Å²) < 4.78 is 1.09. The molecule has 0 spiro atoms. The SMILES string of the molecule is CCC(C)C1NC(=O)CN(CCc2ccc(Br)s2)C1=O. The van der Waals surface area contributed by atoms with Gasteiger partial charge in [0.1, 0.15) is 6.04 Å². The molecule has 2 amide bonds. The molecule has 4 nitrogen and oxygen atoms in total. The molecule has 1 N–H and O–H groups in total. The van der Waals surface area contributed by atoms with Crippen LogP contribution >= 0.6 is 27.3 Å². The molecule has 2 unspecified atom stereocenters. The highest BCUT2D eigenvalue weighted by molar-refractivity contribution is 9.11. The summed E-state index contributed by atoms with van der Waals surface area (Å²) >= 11 is 5.10. The topological polar surface area (TPSA) is 49.4 Å². The number of rotatable bonds is 5. The van der Waals surface area contributed by atoms with Gasteiger partial charge < -0.3 is 10.2 Å². The van der Waals surface area contributed by atoms with Crippen LogP contribution < -0.4 is 5.32 Å². The first-order chi connectivity index (χ1) is 9.51. The molecular formula is C14H19BrN2O2S. The molecule has 2 atom stereocenters. The molecule has 1 aromatic rings. The molecule has 2 rings (SSSR count). The molecular weight excluding hydrogens is 340 g/mol. The van der Waals surface area contributed by atoms with Crippen LogP contribution in [0.2, 0.25) is 0 Å². The second-order valence-electron chi connectivity index (χ2n) is 5.15. The Kier molecular flexibility index (Phi) is 5.21. The Hall–Kier alpha value is -0.880. The summed E-state index contributed by atoms with van der Waals surface area (Å²) in [7, 11) is 0. The quantitative estimate of drug-likeness (QED) is 0.878. The van der Waals surface area contributed by atoms with E-state index in [1.807, 2.05) is 19.9 Å². The molecule has 0 bridgehead atoms. The number of thiophene rings is 1. The van der Waals surface area contributed by atoms with Crippen molar-refractivity contribution in [2.45, 2.75) is 32.7 Å². The Morgan fingerprint density at radius 3 is 2.85 bits per heavy atom. The molecule has 0 saturated carbocycles. The Bertz CT molecular complexity index is 503. The van der Waals surface area contributed by atoms with E-state index >= 15 is 0 Å². The van der Waals surface area contributed by atoms with E-state index in [1.165, 1.54) is 4.88 Å². The Balaban J connectivity index is 1.99. The van der Waals surface area contributed by atoms with Gasteiger partial charge in [0, 0.05) is 11.4 Å². The van der Waals surface area contributed by atoms with Crippen LogP contribution in [-0.4, -0.2) is 35.8 Å². The highest BCUT2D eigenvalue weighted by Crippen LogP contribution is 2.23. The molecule has 0 aromatic carbocycles. The molecule has 0 radical (unpaired) electrons. The number of piperazine rings is 1. The second-order valence-corrected chi connectivity index (χ2v) is 7.69. The first-order valence-corrected chi connectivity index (χ1v) is 8.44. The number of hydrogen-bond donors (Lipinski definition) is 1. The molecule has 2 heterocycles. The van der Waals surface area contributed by atoms with Crippen LogP contribution in [0.5, 0.6) is 0 Å². The lowest BCUT2D eigenvalue weighted by molar-refractivity contribution is -0.145. The minimum absolute atomic E-state index is 0.0505. The fourth-order valence-electron chi connectivity index (χ4n) is 2.27. The molecule has 1 fully saturated rings. The van der Waals surface area contributed by atoms with Crippen LogP contribution in [0, 0.1) is 5.92 Å².